The number of benzene rings is 2. The quantitative estimate of drug-likeness (QED) is 0.149. The molecule has 0 saturated carbocycles. The smallest absolute Gasteiger partial charge is 0.356 e. The molecule has 10 heteroatoms. The Hall–Kier alpha value is -3.44. The number of carbonyl (C=O) groups is 2. The van der Waals surface area contributed by atoms with Crippen LogP contribution in [0.5, 0.6) is 0 Å². The number of fused-ring (bicyclic) bond motifs is 1. The molecule has 2 N–H and O–H groups in total. The molecule has 0 spiro atoms. The zero-order valence-electron chi connectivity index (χ0n) is 22.0. The van der Waals surface area contributed by atoms with Crippen LogP contribution in [-0.4, -0.2) is 52.2 Å². The Balaban J connectivity index is 1.49. The van der Waals surface area contributed by atoms with E-state index in [2.05, 4.69) is 4.99 Å². The number of nitrogens with zero attached hydrogens (tertiary/aromatic N) is 3. The molecule has 2 aliphatic rings. The molecule has 3 heterocycles. The Morgan fingerprint density at radius 2 is 1.85 bits per heavy atom. The third-order valence-corrected chi connectivity index (χ3v) is 9.84. The molecule has 1 saturated heterocycles. The van der Waals surface area contributed by atoms with Crippen LogP contribution in [0.1, 0.15) is 29.8 Å². The van der Waals surface area contributed by atoms with Gasteiger partial charge in [0, 0.05) is 34.9 Å². The van der Waals surface area contributed by atoms with Crippen molar-refractivity contribution in [3.05, 3.63) is 112 Å². The van der Waals surface area contributed by atoms with Crippen LogP contribution in [0.2, 0.25) is 0 Å². The fourth-order valence-electron chi connectivity index (χ4n) is 4.41. The maximum Gasteiger partial charge on any atom is 0.356 e. The average Bonchev–Trinajstić information content (AvgIpc) is 3.46. The number of ether oxygens (including phenoxy) is 1. The molecule has 0 bridgehead atoms. The van der Waals surface area contributed by atoms with Crippen LogP contribution in [0.15, 0.2) is 104 Å². The summed E-state index contributed by atoms with van der Waals surface area (Å²) in [5, 5.41) is 1.68. The molecule has 1 fully saturated rings. The number of nitrogens with two attached hydrogens (primary N) is 1. The number of hydrogen-bond acceptors (Lipinski definition) is 9. The van der Waals surface area contributed by atoms with Crippen LogP contribution in [0.25, 0.3) is 5.57 Å². The van der Waals surface area contributed by atoms with Crippen molar-refractivity contribution in [1.29, 1.82) is 0 Å². The lowest BCUT2D eigenvalue weighted by atomic mass is 10.0. The van der Waals surface area contributed by atoms with E-state index in [0.717, 1.165) is 31.6 Å². The summed E-state index contributed by atoms with van der Waals surface area (Å²) in [5.74, 6) is -0.320. The topological polar surface area (TPSA) is 97.9 Å². The standard InChI is InChI=1S/C30H28N4O3S3/c1-3-10-19(15-16-32-2)22-17-39-30(33-22)40-23-18-38-28-24(31)27(35)34(28)25(23)29(36)37-26(20-11-6-4-7-12-20)21-13-8-5-9-14-21/h3-17,24,26,28H,18,31H2,1-2H3/b10-3-,19-15+,32-16?/t24-,28-/m1/s1. The van der Waals surface area contributed by atoms with E-state index in [0.29, 0.717) is 5.75 Å². The van der Waals surface area contributed by atoms with Crippen LogP contribution in [0, 0.1) is 0 Å². The number of hydrogen-bond donors (Lipinski definition) is 1. The van der Waals surface area contributed by atoms with Gasteiger partial charge in [-0.3, -0.25) is 14.7 Å². The first-order valence-electron chi connectivity index (χ1n) is 12.6. The van der Waals surface area contributed by atoms with Crippen molar-refractivity contribution in [1.82, 2.24) is 9.88 Å². The number of thioether (sulfide) groups is 2. The molecule has 5 rings (SSSR count). The molecule has 3 aromatic rings. The molecule has 0 aliphatic carbocycles. The SMILES string of the molecule is C/C=C\C(=C/C=NC)c1csc(SC2=C(C(=O)OC(c3ccccc3)c3ccccc3)N3C(=O)[C@@H](N)[C@H]3SC2)n1. The number of carbonyl (C=O) groups excluding carboxylic acids is 2. The van der Waals surface area contributed by atoms with Crippen molar-refractivity contribution in [3.63, 3.8) is 0 Å². The van der Waals surface area contributed by atoms with Crippen LogP contribution in [-0.2, 0) is 14.3 Å². The number of aliphatic imine (C=N–C) groups is 1. The van der Waals surface area contributed by atoms with Crippen LogP contribution in [0.4, 0.5) is 0 Å². The summed E-state index contributed by atoms with van der Waals surface area (Å²) in [6, 6.07) is 18.5. The second-order valence-corrected chi connectivity index (χ2v) is 12.2. The van der Waals surface area contributed by atoms with Crippen molar-refractivity contribution in [2.24, 2.45) is 10.7 Å². The van der Waals surface area contributed by atoms with Gasteiger partial charge in [-0.05, 0) is 24.1 Å². The van der Waals surface area contributed by atoms with E-state index in [1.165, 1.54) is 28.0 Å². The van der Waals surface area contributed by atoms with Crippen molar-refractivity contribution in [3.8, 4) is 0 Å². The van der Waals surface area contributed by atoms with Gasteiger partial charge in [-0.25, -0.2) is 9.78 Å². The molecule has 0 unspecified atom stereocenters. The minimum Gasteiger partial charge on any atom is -0.448 e. The van der Waals surface area contributed by atoms with E-state index in [9.17, 15) is 9.59 Å². The summed E-state index contributed by atoms with van der Waals surface area (Å²) in [6.07, 6.45) is 6.92. The molecule has 1 amide bonds. The molecule has 40 heavy (non-hydrogen) atoms. The highest BCUT2D eigenvalue weighted by Crippen LogP contribution is 2.46. The Labute approximate surface area is 245 Å². The highest BCUT2D eigenvalue weighted by atomic mass is 32.2. The lowest BCUT2D eigenvalue weighted by Crippen LogP contribution is -2.68. The number of amides is 1. The van der Waals surface area contributed by atoms with Crippen LogP contribution >= 0.6 is 34.9 Å². The van der Waals surface area contributed by atoms with E-state index < -0.39 is 18.1 Å². The molecule has 0 radical (unpaired) electrons. The van der Waals surface area contributed by atoms with E-state index in [1.54, 1.807) is 25.0 Å². The first-order valence-corrected chi connectivity index (χ1v) is 15.4. The van der Waals surface area contributed by atoms with Gasteiger partial charge in [-0.1, -0.05) is 84.6 Å². The van der Waals surface area contributed by atoms with E-state index in [4.69, 9.17) is 15.5 Å². The van der Waals surface area contributed by atoms with Gasteiger partial charge in [0.1, 0.15) is 17.1 Å². The maximum atomic E-state index is 13.9. The Morgan fingerprint density at radius 3 is 2.48 bits per heavy atom. The lowest BCUT2D eigenvalue weighted by molar-refractivity contribution is -0.152. The summed E-state index contributed by atoms with van der Waals surface area (Å²) < 4.78 is 6.94. The van der Waals surface area contributed by atoms with Gasteiger partial charge in [0.05, 0.1) is 5.69 Å². The Bertz CT molecular complexity index is 1460. The Morgan fingerprint density at radius 1 is 1.18 bits per heavy atom. The monoisotopic (exact) mass is 588 g/mol. The first kappa shape index (κ1) is 28.1. The van der Waals surface area contributed by atoms with Gasteiger partial charge in [0.2, 0.25) is 5.91 Å². The van der Waals surface area contributed by atoms with Gasteiger partial charge in [0.25, 0.3) is 0 Å². The summed E-state index contributed by atoms with van der Waals surface area (Å²) >= 11 is 4.42. The molecule has 204 valence electrons. The molecule has 2 aliphatic heterocycles. The van der Waals surface area contributed by atoms with Gasteiger partial charge in [-0.2, -0.15) is 0 Å². The minimum atomic E-state index is -0.640. The van der Waals surface area contributed by atoms with E-state index in [-0.39, 0.29) is 17.0 Å². The second-order valence-electron chi connectivity index (χ2n) is 8.94. The molecule has 7 nitrogen and oxygen atoms in total. The molecular formula is C30H28N4O3S3. The molecule has 1 aromatic heterocycles. The zero-order chi connectivity index (χ0) is 28.1. The number of thiazole rings is 1. The normalized spacial score (nSPS) is 19.4. The van der Waals surface area contributed by atoms with E-state index in [1.807, 2.05) is 91.2 Å². The van der Waals surface area contributed by atoms with Gasteiger partial charge < -0.3 is 10.5 Å². The highest BCUT2D eigenvalue weighted by Gasteiger charge is 2.52. The maximum absolute atomic E-state index is 13.9. The predicted molar refractivity (Wildman–Crippen MR) is 164 cm³/mol. The Kier molecular flexibility index (Phi) is 9.01. The van der Waals surface area contributed by atoms with Crippen molar-refractivity contribution in [2.75, 3.05) is 12.8 Å². The van der Waals surface area contributed by atoms with Gasteiger partial charge in [-0.15, -0.1) is 23.1 Å². The van der Waals surface area contributed by atoms with Crippen molar-refractivity contribution in [2.45, 2.75) is 28.8 Å². The summed E-state index contributed by atoms with van der Waals surface area (Å²) in [4.78, 5) is 37.9. The van der Waals surface area contributed by atoms with Crippen molar-refractivity contribution < 1.29 is 14.3 Å². The number of esters is 1. The minimum absolute atomic E-state index is 0.247. The highest BCUT2D eigenvalue weighted by molar-refractivity contribution is 8.07. The number of rotatable bonds is 9. The summed E-state index contributed by atoms with van der Waals surface area (Å²) in [7, 11) is 1.72. The summed E-state index contributed by atoms with van der Waals surface area (Å²) in [6.45, 7) is 1.95. The fraction of sp³-hybridized carbons (Fsp3) is 0.200. The van der Waals surface area contributed by atoms with Crippen molar-refractivity contribution >= 4 is 58.5 Å². The number of β-lactam (4-membered cyclic amide) rings is 1. The predicted octanol–water partition coefficient (Wildman–Crippen LogP) is 5.68. The third kappa shape index (κ3) is 5.85. The largest absolute Gasteiger partial charge is 0.448 e. The number of allylic oxidation sites excluding steroid dienone is 4. The zero-order valence-corrected chi connectivity index (χ0v) is 24.4. The van der Waals surface area contributed by atoms with Crippen LogP contribution < -0.4 is 5.73 Å². The second kappa shape index (κ2) is 12.8. The van der Waals surface area contributed by atoms with Crippen LogP contribution in [0.3, 0.4) is 0 Å². The fourth-order valence-corrected chi connectivity index (χ4v) is 7.81. The van der Waals surface area contributed by atoms with Gasteiger partial charge >= 0.3 is 5.97 Å². The molecule has 2 aromatic carbocycles. The lowest BCUT2D eigenvalue weighted by Gasteiger charge is -2.48. The average molecular weight is 589 g/mol. The molecule has 2 atom stereocenters. The molecular weight excluding hydrogens is 561 g/mol. The number of aromatic nitrogens is 1. The summed E-state index contributed by atoms with van der Waals surface area (Å²) in [5.41, 5.74) is 9.77. The first-order chi connectivity index (χ1) is 19.5. The van der Waals surface area contributed by atoms with Gasteiger partial charge in [0.15, 0.2) is 10.4 Å². The third-order valence-electron chi connectivity index (χ3n) is 6.34. The van der Waals surface area contributed by atoms with E-state index >= 15 is 0 Å².